The van der Waals surface area contributed by atoms with E-state index in [2.05, 4.69) is 0 Å². The molecule has 0 aliphatic rings. The van der Waals surface area contributed by atoms with E-state index in [1.807, 2.05) is 36.4 Å². The molecule has 0 spiro atoms. The molecule has 2 rings (SSSR count). The van der Waals surface area contributed by atoms with Gasteiger partial charge < -0.3 is 10.5 Å². The number of hydrogen-bond acceptors (Lipinski definition) is 2. The van der Waals surface area contributed by atoms with Crippen molar-refractivity contribution >= 4 is 0 Å². The molecule has 19 heavy (non-hydrogen) atoms. The third-order valence-electron chi connectivity index (χ3n) is 2.89. The fourth-order valence-electron chi connectivity index (χ4n) is 1.91. The van der Waals surface area contributed by atoms with Gasteiger partial charge in [-0.2, -0.15) is 0 Å². The molecule has 2 N–H and O–H groups in total. The zero-order valence-electron chi connectivity index (χ0n) is 10.8. The van der Waals surface area contributed by atoms with E-state index in [0.717, 1.165) is 17.7 Å². The van der Waals surface area contributed by atoms with Crippen molar-refractivity contribution in [1.29, 1.82) is 0 Å². The van der Waals surface area contributed by atoms with Crippen LogP contribution in [0.2, 0.25) is 0 Å². The van der Waals surface area contributed by atoms with Gasteiger partial charge in [0.15, 0.2) is 0 Å². The lowest BCUT2D eigenvalue weighted by Gasteiger charge is -2.12. The maximum absolute atomic E-state index is 13.0. The zero-order chi connectivity index (χ0) is 13.5. The first kappa shape index (κ1) is 13.6. The molecular formula is C16H18FNO. The third kappa shape index (κ3) is 4.72. The molecule has 0 radical (unpaired) electrons. The van der Waals surface area contributed by atoms with Crippen LogP contribution in [0.25, 0.3) is 0 Å². The van der Waals surface area contributed by atoms with Crippen molar-refractivity contribution in [3.8, 4) is 5.75 Å². The van der Waals surface area contributed by atoms with E-state index < -0.39 is 0 Å². The molecule has 0 aromatic heterocycles. The third-order valence-corrected chi connectivity index (χ3v) is 2.89. The molecule has 3 heteroatoms. The smallest absolute Gasteiger partial charge is 0.123 e. The van der Waals surface area contributed by atoms with Gasteiger partial charge in [0.1, 0.15) is 11.6 Å². The molecule has 0 heterocycles. The number of nitrogens with two attached hydrogens (primary N) is 1. The minimum Gasteiger partial charge on any atom is -0.494 e. The predicted molar refractivity (Wildman–Crippen MR) is 74.6 cm³/mol. The minimum absolute atomic E-state index is 0.0227. The van der Waals surface area contributed by atoms with Gasteiger partial charge in [0, 0.05) is 6.04 Å². The summed E-state index contributed by atoms with van der Waals surface area (Å²) >= 11 is 0. The fraction of sp³-hybridized carbons (Fsp3) is 0.250. The molecule has 1 atom stereocenters. The van der Waals surface area contributed by atoms with Crippen LogP contribution in [0.4, 0.5) is 4.39 Å². The first-order valence-electron chi connectivity index (χ1n) is 6.42. The van der Waals surface area contributed by atoms with Crippen LogP contribution in [-0.4, -0.2) is 12.6 Å². The molecular weight excluding hydrogens is 241 g/mol. The second kappa shape index (κ2) is 6.90. The second-order valence-corrected chi connectivity index (χ2v) is 4.54. The number of rotatable bonds is 6. The Balaban J connectivity index is 1.74. The fourth-order valence-corrected chi connectivity index (χ4v) is 1.91. The maximum Gasteiger partial charge on any atom is 0.123 e. The van der Waals surface area contributed by atoms with Crippen molar-refractivity contribution in [2.24, 2.45) is 5.73 Å². The van der Waals surface area contributed by atoms with Gasteiger partial charge >= 0.3 is 0 Å². The Hall–Kier alpha value is -1.87. The highest BCUT2D eigenvalue weighted by molar-refractivity contribution is 5.21. The monoisotopic (exact) mass is 259 g/mol. The summed E-state index contributed by atoms with van der Waals surface area (Å²) in [5, 5.41) is 0. The molecule has 1 unspecified atom stereocenters. The Labute approximate surface area is 113 Å². The molecule has 0 aliphatic heterocycles. The van der Waals surface area contributed by atoms with Crippen molar-refractivity contribution < 1.29 is 9.13 Å². The van der Waals surface area contributed by atoms with Gasteiger partial charge in [0.2, 0.25) is 0 Å². The summed E-state index contributed by atoms with van der Waals surface area (Å²) in [6.45, 7) is 0.570. The minimum atomic E-state index is -0.217. The highest BCUT2D eigenvalue weighted by atomic mass is 19.1. The second-order valence-electron chi connectivity index (χ2n) is 4.54. The van der Waals surface area contributed by atoms with E-state index in [9.17, 15) is 4.39 Å². The summed E-state index contributed by atoms with van der Waals surface area (Å²) in [5.41, 5.74) is 6.94. The number of para-hydroxylation sites is 1. The molecule has 0 aliphatic carbocycles. The molecule has 0 saturated heterocycles. The summed E-state index contributed by atoms with van der Waals surface area (Å²) < 4.78 is 18.6. The summed E-state index contributed by atoms with van der Waals surface area (Å²) in [4.78, 5) is 0. The lowest BCUT2D eigenvalue weighted by molar-refractivity contribution is 0.297. The van der Waals surface area contributed by atoms with Crippen LogP contribution >= 0.6 is 0 Å². The van der Waals surface area contributed by atoms with E-state index in [1.165, 1.54) is 12.1 Å². The van der Waals surface area contributed by atoms with Crippen molar-refractivity contribution in [3.05, 3.63) is 66.0 Å². The Kier molecular flexibility index (Phi) is 4.93. The van der Waals surface area contributed by atoms with Crippen LogP contribution in [0.3, 0.4) is 0 Å². The van der Waals surface area contributed by atoms with Gasteiger partial charge in [0.05, 0.1) is 6.61 Å². The van der Waals surface area contributed by atoms with Crippen LogP contribution in [0, 0.1) is 5.82 Å². The molecule has 0 amide bonds. The first-order chi connectivity index (χ1) is 9.24. The Morgan fingerprint density at radius 1 is 1.05 bits per heavy atom. The van der Waals surface area contributed by atoms with E-state index in [0.29, 0.717) is 13.0 Å². The molecule has 2 aromatic carbocycles. The van der Waals surface area contributed by atoms with Gasteiger partial charge in [-0.15, -0.1) is 0 Å². The molecule has 0 saturated carbocycles. The van der Waals surface area contributed by atoms with Gasteiger partial charge in [-0.25, -0.2) is 4.39 Å². The highest BCUT2D eigenvalue weighted by Crippen LogP contribution is 2.10. The number of benzene rings is 2. The zero-order valence-corrected chi connectivity index (χ0v) is 10.8. The van der Waals surface area contributed by atoms with Gasteiger partial charge in [-0.3, -0.25) is 0 Å². The van der Waals surface area contributed by atoms with Crippen molar-refractivity contribution in [1.82, 2.24) is 0 Å². The molecule has 100 valence electrons. The van der Waals surface area contributed by atoms with Gasteiger partial charge in [-0.05, 0) is 42.7 Å². The molecule has 2 nitrogen and oxygen atoms in total. The summed E-state index contributed by atoms with van der Waals surface area (Å²) in [6.07, 6.45) is 1.40. The number of halogens is 1. The Morgan fingerprint density at radius 3 is 2.58 bits per heavy atom. The standard InChI is InChI=1S/C16H18FNO/c17-14-6-4-5-13(11-14)12-15(18)9-10-19-16-7-2-1-3-8-16/h1-8,11,15H,9-10,12,18H2. The first-order valence-corrected chi connectivity index (χ1v) is 6.42. The SMILES string of the molecule is NC(CCOc1ccccc1)Cc1cccc(F)c1. The van der Waals surface area contributed by atoms with E-state index >= 15 is 0 Å². The summed E-state index contributed by atoms with van der Waals surface area (Å²) in [6, 6.07) is 16.2. The van der Waals surface area contributed by atoms with E-state index in [4.69, 9.17) is 10.5 Å². The predicted octanol–water partition coefficient (Wildman–Crippen LogP) is 3.16. The number of ether oxygens (including phenoxy) is 1. The van der Waals surface area contributed by atoms with Crippen molar-refractivity contribution in [2.45, 2.75) is 18.9 Å². The quantitative estimate of drug-likeness (QED) is 0.864. The van der Waals surface area contributed by atoms with Crippen molar-refractivity contribution in [2.75, 3.05) is 6.61 Å². The molecule has 2 aromatic rings. The van der Waals surface area contributed by atoms with Crippen LogP contribution < -0.4 is 10.5 Å². The summed E-state index contributed by atoms with van der Waals surface area (Å²) in [5.74, 6) is 0.630. The van der Waals surface area contributed by atoms with Crippen LogP contribution in [0.1, 0.15) is 12.0 Å². The Bertz CT molecular complexity index is 501. The lowest BCUT2D eigenvalue weighted by Crippen LogP contribution is -2.25. The van der Waals surface area contributed by atoms with E-state index in [-0.39, 0.29) is 11.9 Å². The van der Waals surface area contributed by atoms with Gasteiger partial charge in [0.25, 0.3) is 0 Å². The average Bonchev–Trinajstić information content (AvgIpc) is 2.40. The van der Waals surface area contributed by atoms with Crippen LogP contribution in [-0.2, 0) is 6.42 Å². The van der Waals surface area contributed by atoms with E-state index in [1.54, 1.807) is 6.07 Å². The normalized spacial score (nSPS) is 12.1. The van der Waals surface area contributed by atoms with Gasteiger partial charge in [-0.1, -0.05) is 30.3 Å². The van der Waals surface area contributed by atoms with Crippen LogP contribution in [0.15, 0.2) is 54.6 Å². The topological polar surface area (TPSA) is 35.2 Å². The molecule has 0 bridgehead atoms. The Morgan fingerprint density at radius 2 is 1.84 bits per heavy atom. The lowest BCUT2D eigenvalue weighted by atomic mass is 10.0. The summed E-state index contributed by atoms with van der Waals surface area (Å²) in [7, 11) is 0. The largest absolute Gasteiger partial charge is 0.494 e. The maximum atomic E-state index is 13.0. The molecule has 0 fully saturated rings. The highest BCUT2D eigenvalue weighted by Gasteiger charge is 2.05. The average molecular weight is 259 g/mol. The van der Waals surface area contributed by atoms with Crippen molar-refractivity contribution in [3.63, 3.8) is 0 Å². The van der Waals surface area contributed by atoms with Crippen LogP contribution in [0.5, 0.6) is 5.75 Å². The number of hydrogen-bond donors (Lipinski definition) is 1.